The summed E-state index contributed by atoms with van der Waals surface area (Å²) in [5.74, 6) is 0.681. The molecule has 7 heteroatoms. The van der Waals surface area contributed by atoms with Gasteiger partial charge in [-0.3, -0.25) is 14.5 Å². The average Bonchev–Trinajstić information content (AvgIpc) is 3.21. The SMILES string of the molecule is O=C(NCC(=O)N1CCN(Cc2ccc3c(c2)CCO3)CC1)c1ccc(Cl)cc1. The normalized spacial score (nSPS) is 16.2. The first-order chi connectivity index (χ1) is 14.1. The molecule has 2 aromatic rings. The minimum absolute atomic E-state index is 0.00623. The third-order valence-corrected chi connectivity index (χ3v) is 5.64. The molecule has 0 aromatic heterocycles. The van der Waals surface area contributed by atoms with Crippen molar-refractivity contribution >= 4 is 23.4 Å². The second-order valence-electron chi connectivity index (χ2n) is 7.39. The quantitative estimate of drug-likeness (QED) is 0.817. The van der Waals surface area contributed by atoms with Crippen LogP contribution in [-0.4, -0.2) is 60.9 Å². The summed E-state index contributed by atoms with van der Waals surface area (Å²) in [6.45, 7) is 4.64. The molecular formula is C22H24ClN3O3. The first-order valence-electron chi connectivity index (χ1n) is 9.87. The minimum atomic E-state index is -0.269. The van der Waals surface area contributed by atoms with E-state index in [9.17, 15) is 9.59 Å². The summed E-state index contributed by atoms with van der Waals surface area (Å²) in [7, 11) is 0. The van der Waals surface area contributed by atoms with Gasteiger partial charge in [0.25, 0.3) is 5.91 Å². The molecule has 2 aromatic carbocycles. The van der Waals surface area contributed by atoms with Gasteiger partial charge in [0.2, 0.25) is 5.91 Å². The summed E-state index contributed by atoms with van der Waals surface area (Å²) in [5.41, 5.74) is 3.06. The third kappa shape index (κ3) is 4.89. The van der Waals surface area contributed by atoms with Gasteiger partial charge in [-0.05, 0) is 41.5 Å². The topological polar surface area (TPSA) is 61.9 Å². The number of rotatable bonds is 5. The summed E-state index contributed by atoms with van der Waals surface area (Å²) >= 11 is 5.83. The van der Waals surface area contributed by atoms with Crippen molar-refractivity contribution in [1.29, 1.82) is 0 Å². The van der Waals surface area contributed by atoms with Crippen LogP contribution in [-0.2, 0) is 17.8 Å². The van der Waals surface area contributed by atoms with E-state index >= 15 is 0 Å². The molecule has 152 valence electrons. The van der Waals surface area contributed by atoms with E-state index in [-0.39, 0.29) is 18.4 Å². The fourth-order valence-corrected chi connectivity index (χ4v) is 3.85. The van der Waals surface area contributed by atoms with E-state index in [0.717, 1.165) is 38.4 Å². The number of carbonyl (C=O) groups excluding carboxylic acids is 2. The molecule has 0 bridgehead atoms. The Kier molecular flexibility index (Phi) is 6.02. The van der Waals surface area contributed by atoms with E-state index in [0.29, 0.717) is 23.7 Å². The Hall–Kier alpha value is -2.57. The molecular weight excluding hydrogens is 390 g/mol. The Bertz CT molecular complexity index is 893. The molecule has 1 N–H and O–H groups in total. The fraction of sp³-hybridized carbons (Fsp3) is 0.364. The Labute approximate surface area is 175 Å². The van der Waals surface area contributed by atoms with Crippen molar-refractivity contribution in [3.8, 4) is 5.75 Å². The molecule has 0 radical (unpaired) electrons. The van der Waals surface area contributed by atoms with Gasteiger partial charge in [-0.1, -0.05) is 23.7 Å². The van der Waals surface area contributed by atoms with Crippen molar-refractivity contribution in [2.75, 3.05) is 39.3 Å². The number of nitrogens with zero attached hydrogens (tertiary/aromatic N) is 2. The molecule has 0 spiro atoms. The molecule has 1 fully saturated rings. The van der Waals surface area contributed by atoms with Gasteiger partial charge in [0.05, 0.1) is 13.2 Å². The van der Waals surface area contributed by atoms with Crippen LogP contribution in [0.15, 0.2) is 42.5 Å². The van der Waals surface area contributed by atoms with Crippen LogP contribution in [0.5, 0.6) is 5.75 Å². The lowest BCUT2D eigenvalue weighted by Crippen LogP contribution is -2.50. The number of benzene rings is 2. The number of ether oxygens (including phenoxy) is 1. The van der Waals surface area contributed by atoms with Crippen molar-refractivity contribution < 1.29 is 14.3 Å². The Morgan fingerprint density at radius 3 is 2.55 bits per heavy atom. The first-order valence-corrected chi connectivity index (χ1v) is 10.2. The first kappa shape index (κ1) is 19.7. The standard InChI is InChI=1S/C22H24ClN3O3/c23-19-4-2-17(3-5-19)22(28)24-14-21(27)26-10-8-25(9-11-26)15-16-1-6-20-18(13-16)7-12-29-20/h1-6,13H,7-12,14-15H2,(H,24,28). The molecule has 2 amide bonds. The van der Waals surface area contributed by atoms with Crippen LogP contribution in [0.1, 0.15) is 21.5 Å². The Morgan fingerprint density at radius 2 is 1.79 bits per heavy atom. The highest BCUT2D eigenvalue weighted by molar-refractivity contribution is 6.30. The largest absolute Gasteiger partial charge is 0.493 e. The molecule has 0 saturated carbocycles. The average molecular weight is 414 g/mol. The molecule has 2 aliphatic rings. The van der Waals surface area contributed by atoms with Gasteiger partial charge < -0.3 is 15.0 Å². The predicted molar refractivity (Wildman–Crippen MR) is 111 cm³/mol. The minimum Gasteiger partial charge on any atom is -0.493 e. The Morgan fingerprint density at radius 1 is 1.03 bits per heavy atom. The molecule has 2 aliphatic heterocycles. The van der Waals surface area contributed by atoms with Crippen LogP contribution in [0.3, 0.4) is 0 Å². The van der Waals surface area contributed by atoms with Crippen molar-refractivity contribution in [1.82, 2.24) is 15.1 Å². The number of amides is 2. The molecule has 4 rings (SSSR count). The highest BCUT2D eigenvalue weighted by Crippen LogP contribution is 2.26. The highest BCUT2D eigenvalue weighted by Gasteiger charge is 2.22. The third-order valence-electron chi connectivity index (χ3n) is 5.39. The molecule has 0 atom stereocenters. The van der Waals surface area contributed by atoms with Crippen LogP contribution in [0.25, 0.3) is 0 Å². The van der Waals surface area contributed by atoms with Gasteiger partial charge in [-0.2, -0.15) is 0 Å². The van der Waals surface area contributed by atoms with E-state index in [2.05, 4.69) is 28.4 Å². The highest BCUT2D eigenvalue weighted by atomic mass is 35.5. The van der Waals surface area contributed by atoms with E-state index in [1.807, 2.05) is 4.90 Å². The number of piperazine rings is 1. The van der Waals surface area contributed by atoms with E-state index in [1.54, 1.807) is 24.3 Å². The zero-order valence-electron chi connectivity index (χ0n) is 16.2. The maximum atomic E-state index is 12.4. The molecule has 2 heterocycles. The second-order valence-corrected chi connectivity index (χ2v) is 7.82. The molecule has 1 saturated heterocycles. The molecule has 0 unspecified atom stereocenters. The van der Waals surface area contributed by atoms with Crippen molar-refractivity contribution in [2.24, 2.45) is 0 Å². The summed E-state index contributed by atoms with van der Waals surface area (Å²) in [5, 5.41) is 3.26. The van der Waals surface area contributed by atoms with E-state index in [4.69, 9.17) is 16.3 Å². The summed E-state index contributed by atoms with van der Waals surface area (Å²) in [6, 6.07) is 13.0. The van der Waals surface area contributed by atoms with Crippen LogP contribution < -0.4 is 10.1 Å². The fourth-order valence-electron chi connectivity index (χ4n) is 3.72. The maximum absolute atomic E-state index is 12.4. The van der Waals surface area contributed by atoms with Crippen LogP contribution >= 0.6 is 11.6 Å². The van der Waals surface area contributed by atoms with E-state index < -0.39 is 0 Å². The van der Waals surface area contributed by atoms with Gasteiger partial charge in [0, 0.05) is 49.7 Å². The lowest BCUT2D eigenvalue weighted by molar-refractivity contribution is -0.131. The van der Waals surface area contributed by atoms with Gasteiger partial charge in [0.15, 0.2) is 0 Å². The van der Waals surface area contributed by atoms with Crippen LogP contribution in [0.4, 0.5) is 0 Å². The van der Waals surface area contributed by atoms with Crippen molar-refractivity contribution in [3.05, 3.63) is 64.2 Å². The maximum Gasteiger partial charge on any atom is 0.251 e. The zero-order chi connectivity index (χ0) is 20.2. The number of halogens is 1. The number of hydrogen-bond donors (Lipinski definition) is 1. The van der Waals surface area contributed by atoms with Gasteiger partial charge >= 0.3 is 0 Å². The number of fused-ring (bicyclic) bond motifs is 1. The monoisotopic (exact) mass is 413 g/mol. The number of carbonyl (C=O) groups is 2. The smallest absolute Gasteiger partial charge is 0.251 e. The number of nitrogens with one attached hydrogen (secondary N) is 1. The lowest BCUT2D eigenvalue weighted by Gasteiger charge is -2.34. The Balaban J connectivity index is 1.22. The van der Waals surface area contributed by atoms with E-state index in [1.165, 1.54) is 11.1 Å². The second kappa shape index (κ2) is 8.84. The predicted octanol–water partition coefficient (Wildman–Crippen LogP) is 2.35. The van der Waals surface area contributed by atoms with Gasteiger partial charge in [-0.15, -0.1) is 0 Å². The molecule has 29 heavy (non-hydrogen) atoms. The van der Waals surface area contributed by atoms with Crippen molar-refractivity contribution in [3.63, 3.8) is 0 Å². The van der Waals surface area contributed by atoms with Crippen LogP contribution in [0, 0.1) is 0 Å². The summed E-state index contributed by atoms with van der Waals surface area (Å²) in [4.78, 5) is 28.7. The molecule has 6 nitrogen and oxygen atoms in total. The summed E-state index contributed by atoms with van der Waals surface area (Å²) < 4.78 is 5.56. The number of hydrogen-bond acceptors (Lipinski definition) is 4. The van der Waals surface area contributed by atoms with Crippen molar-refractivity contribution in [2.45, 2.75) is 13.0 Å². The lowest BCUT2D eigenvalue weighted by atomic mass is 10.1. The van der Waals surface area contributed by atoms with Gasteiger partial charge in [-0.25, -0.2) is 0 Å². The molecule has 0 aliphatic carbocycles. The van der Waals surface area contributed by atoms with Gasteiger partial charge in [0.1, 0.15) is 5.75 Å². The van der Waals surface area contributed by atoms with Crippen LogP contribution in [0.2, 0.25) is 5.02 Å². The zero-order valence-corrected chi connectivity index (χ0v) is 17.0. The summed E-state index contributed by atoms with van der Waals surface area (Å²) in [6.07, 6.45) is 0.979.